The largest absolute Gasteiger partial charge is 0.346 e. The topological polar surface area (TPSA) is 78.1 Å². The van der Waals surface area contributed by atoms with E-state index in [9.17, 15) is 9.59 Å². The summed E-state index contributed by atoms with van der Waals surface area (Å²) in [5.41, 5.74) is 2.40. The Balaban J connectivity index is 1.43. The number of likely N-dealkylation sites (tertiary alicyclic amines) is 1. The van der Waals surface area contributed by atoms with E-state index >= 15 is 0 Å². The minimum atomic E-state index is -0.243. The molecule has 2 heterocycles. The molecule has 3 aromatic rings. The van der Waals surface area contributed by atoms with Crippen LogP contribution in [0.5, 0.6) is 0 Å². The summed E-state index contributed by atoms with van der Waals surface area (Å²) < 4.78 is 0. The summed E-state index contributed by atoms with van der Waals surface area (Å²) in [4.78, 5) is 26.8. The Morgan fingerprint density at radius 2 is 2.04 bits per heavy atom. The molecule has 2 aromatic carbocycles. The van der Waals surface area contributed by atoms with Crippen LogP contribution in [0.2, 0.25) is 0 Å². The van der Waals surface area contributed by atoms with Crippen molar-refractivity contribution in [2.24, 2.45) is 0 Å². The Kier molecular flexibility index (Phi) is 4.86. The molecule has 4 rings (SSSR count). The highest BCUT2D eigenvalue weighted by molar-refractivity contribution is 5.93. The van der Waals surface area contributed by atoms with Crippen LogP contribution in [0.25, 0.3) is 10.8 Å². The van der Waals surface area contributed by atoms with Gasteiger partial charge in [-0.15, -0.1) is 0 Å². The van der Waals surface area contributed by atoms with E-state index in [4.69, 9.17) is 0 Å². The number of hydrogen-bond donors (Lipinski definition) is 2. The number of carbonyl (C=O) groups excluding carboxylic acids is 2. The molecular weight excluding hydrogens is 352 g/mol. The van der Waals surface area contributed by atoms with E-state index in [0.29, 0.717) is 25.2 Å². The van der Waals surface area contributed by atoms with Crippen molar-refractivity contribution in [2.75, 3.05) is 6.54 Å². The summed E-state index contributed by atoms with van der Waals surface area (Å²) in [5, 5.41) is 12.2. The molecule has 0 aliphatic carbocycles. The van der Waals surface area contributed by atoms with Crippen LogP contribution < -0.4 is 5.32 Å². The predicted octanol–water partition coefficient (Wildman–Crippen LogP) is 3.22. The molecule has 0 unspecified atom stereocenters. The van der Waals surface area contributed by atoms with E-state index in [1.807, 2.05) is 36.9 Å². The van der Waals surface area contributed by atoms with E-state index in [2.05, 4.69) is 39.8 Å². The molecule has 1 aliphatic rings. The van der Waals surface area contributed by atoms with Crippen molar-refractivity contribution >= 4 is 22.6 Å². The van der Waals surface area contributed by atoms with Crippen molar-refractivity contribution in [1.82, 2.24) is 20.4 Å². The van der Waals surface area contributed by atoms with E-state index in [-0.39, 0.29) is 23.8 Å². The van der Waals surface area contributed by atoms with Crippen LogP contribution in [-0.2, 0) is 11.3 Å². The third-order valence-electron chi connectivity index (χ3n) is 5.24. The van der Waals surface area contributed by atoms with Gasteiger partial charge in [0.2, 0.25) is 5.91 Å². The summed E-state index contributed by atoms with van der Waals surface area (Å²) >= 11 is 0. The number of rotatable bonds is 5. The quantitative estimate of drug-likeness (QED) is 0.718. The number of aromatic nitrogens is 2. The molecule has 144 valence electrons. The van der Waals surface area contributed by atoms with Gasteiger partial charge in [0.05, 0.1) is 6.04 Å². The molecule has 1 aromatic heterocycles. The Labute approximate surface area is 163 Å². The predicted molar refractivity (Wildman–Crippen MR) is 108 cm³/mol. The zero-order valence-electron chi connectivity index (χ0n) is 16.1. The first-order valence-corrected chi connectivity index (χ1v) is 9.62. The van der Waals surface area contributed by atoms with E-state index in [1.165, 1.54) is 0 Å². The third-order valence-corrected chi connectivity index (χ3v) is 5.24. The molecule has 1 aliphatic heterocycles. The number of carbonyl (C=O) groups is 2. The van der Waals surface area contributed by atoms with Gasteiger partial charge >= 0.3 is 0 Å². The normalized spacial score (nSPS) is 16.9. The van der Waals surface area contributed by atoms with Crippen molar-refractivity contribution in [1.29, 1.82) is 0 Å². The Bertz CT molecular complexity index is 1020. The summed E-state index contributed by atoms with van der Waals surface area (Å²) in [6.45, 7) is 5.13. The van der Waals surface area contributed by atoms with Gasteiger partial charge in [-0.3, -0.25) is 14.7 Å². The van der Waals surface area contributed by atoms with E-state index in [0.717, 1.165) is 22.0 Å². The second-order valence-corrected chi connectivity index (χ2v) is 7.65. The summed E-state index contributed by atoms with van der Waals surface area (Å²) in [5.74, 6) is 0.0920. The van der Waals surface area contributed by atoms with Crippen LogP contribution >= 0.6 is 0 Å². The maximum atomic E-state index is 12.5. The molecule has 6 heteroatoms. The number of nitrogens with zero attached hydrogens (tertiary/aromatic N) is 2. The second kappa shape index (κ2) is 7.46. The van der Waals surface area contributed by atoms with Gasteiger partial charge in [-0.25, -0.2) is 0 Å². The standard InChI is InChI=1S/C22H24N4O2/c1-14(2)19-11-20(25-24-19)22(28)23-17-10-21(27)26(13-17)12-16-8-5-7-15-6-3-4-9-18(15)16/h3-9,11,14,17H,10,12-13H2,1-2H3,(H,23,28)(H,24,25)/t17-/m0/s1. The van der Waals surface area contributed by atoms with Crippen LogP contribution in [0, 0.1) is 0 Å². The maximum Gasteiger partial charge on any atom is 0.272 e. The maximum absolute atomic E-state index is 12.5. The lowest BCUT2D eigenvalue weighted by Gasteiger charge is -2.18. The van der Waals surface area contributed by atoms with E-state index < -0.39 is 0 Å². The van der Waals surface area contributed by atoms with Gasteiger partial charge < -0.3 is 10.2 Å². The fourth-order valence-corrected chi connectivity index (χ4v) is 3.67. The lowest BCUT2D eigenvalue weighted by Crippen LogP contribution is -2.37. The first-order valence-electron chi connectivity index (χ1n) is 9.62. The Morgan fingerprint density at radius 3 is 2.82 bits per heavy atom. The third kappa shape index (κ3) is 3.63. The molecule has 1 atom stereocenters. The highest BCUT2D eigenvalue weighted by Crippen LogP contribution is 2.22. The molecule has 0 spiro atoms. The van der Waals surface area contributed by atoms with Gasteiger partial charge in [0, 0.05) is 25.2 Å². The van der Waals surface area contributed by atoms with Gasteiger partial charge in [0.15, 0.2) is 0 Å². The molecule has 0 bridgehead atoms. The van der Waals surface area contributed by atoms with Gasteiger partial charge in [0.1, 0.15) is 5.69 Å². The Morgan fingerprint density at radius 1 is 1.25 bits per heavy atom. The molecule has 0 radical (unpaired) electrons. The molecule has 2 N–H and O–H groups in total. The zero-order chi connectivity index (χ0) is 19.7. The van der Waals surface area contributed by atoms with Crippen LogP contribution in [0.3, 0.4) is 0 Å². The molecule has 0 saturated carbocycles. The number of benzene rings is 2. The van der Waals surface area contributed by atoms with Crippen LogP contribution in [-0.4, -0.2) is 39.5 Å². The summed E-state index contributed by atoms with van der Waals surface area (Å²) in [6, 6.07) is 15.9. The molecule has 1 saturated heterocycles. The van der Waals surface area contributed by atoms with Gasteiger partial charge in [-0.05, 0) is 28.3 Å². The van der Waals surface area contributed by atoms with Gasteiger partial charge in [0.25, 0.3) is 5.91 Å². The fourth-order valence-electron chi connectivity index (χ4n) is 3.67. The van der Waals surface area contributed by atoms with Crippen molar-refractivity contribution in [3.05, 3.63) is 65.5 Å². The average molecular weight is 376 g/mol. The monoisotopic (exact) mass is 376 g/mol. The smallest absolute Gasteiger partial charge is 0.272 e. The first-order chi connectivity index (χ1) is 13.5. The van der Waals surface area contributed by atoms with Crippen LogP contribution in [0.4, 0.5) is 0 Å². The van der Waals surface area contributed by atoms with Crippen molar-refractivity contribution in [3.63, 3.8) is 0 Å². The summed E-state index contributed by atoms with van der Waals surface area (Å²) in [7, 11) is 0. The lowest BCUT2D eigenvalue weighted by atomic mass is 10.0. The number of H-pyrrole nitrogens is 1. The van der Waals surface area contributed by atoms with Gasteiger partial charge in [-0.2, -0.15) is 5.10 Å². The zero-order valence-corrected chi connectivity index (χ0v) is 16.1. The molecule has 28 heavy (non-hydrogen) atoms. The molecule has 2 amide bonds. The average Bonchev–Trinajstić information content (AvgIpc) is 3.30. The lowest BCUT2D eigenvalue weighted by molar-refractivity contribution is -0.128. The first kappa shape index (κ1) is 18.2. The molecular formula is C22H24N4O2. The second-order valence-electron chi connectivity index (χ2n) is 7.65. The fraction of sp³-hybridized carbons (Fsp3) is 0.318. The highest BCUT2D eigenvalue weighted by Gasteiger charge is 2.31. The number of fused-ring (bicyclic) bond motifs is 1. The molecule has 6 nitrogen and oxygen atoms in total. The molecule has 1 fully saturated rings. The highest BCUT2D eigenvalue weighted by atomic mass is 16.2. The van der Waals surface area contributed by atoms with Crippen LogP contribution in [0.15, 0.2) is 48.5 Å². The van der Waals surface area contributed by atoms with Gasteiger partial charge in [-0.1, -0.05) is 56.3 Å². The minimum Gasteiger partial charge on any atom is -0.346 e. The van der Waals surface area contributed by atoms with Crippen LogP contribution in [0.1, 0.15) is 47.9 Å². The van der Waals surface area contributed by atoms with Crippen molar-refractivity contribution in [3.8, 4) is 0 Å². The number of nitrogens with one attached hydrogen (secondary N) is 2. The number of aromatic amines is 1. The summed E-state index contributed by atoms with van der Waals surface area (Å²) in [6.07, 6.45) is 0.317. The number of amides is 2. The minimum absolute atomic E-state index is 0.0585. The van der Waals surface area contributed by atoms with Crippen molar-refractivity contribution in [2.45, 2.75) is 38.8 Å². The Hall–Kier alpha value is -3.15. The van der Waals surface area contributed by atoms with E-state index in [1.54, 1.807) is 6.07 Å². The number of hydrogen-bond acceptors (Lipinski definition) is 3. The SMILES string of the molecule is CC(C)c1cc(C(=O)N[C@H]2CC(=O)N(Cc3cccc4ccccc34)C2)n[nH]1. The van der Waals surface area contributed by atoms with Crippen molar-refractivity contribution < 1.29 is 9.59 Å².